The Balaban J connectivity index is 1.22. The highest BCUT2D eigenvalue weighted by atomic mass is 32.1. The van der Waals surface area contributed by atoms with Crippen molar-refractivity contribution in [3.63, 3.8) is 0 Å². The lowest BCUT2D eigenvalue weighted by Crippen LogP contribution is -2.40. The fraction of sp³-hybridized carbons (Fsp3) is 0.526. The number of rotatable bonds is 6. The number of hydrogen-bond donors (Lipinski definition) is 1. The molecule has 128 valence electrons. The molecule has 3 heterocycles. The molecule has 4 rings (SSSR count). The third kappa shape index (κ3) is 3.73. The van der Waals surface area contributed by atoms with Gasteiger partial charge < -0.3 is 9.73 Å². The van der Waals surface area contributed by atoms with Crippen LogP contribution in [0.4, 0.5) is 0 Å². The number of carbonyl (C=O) groups is 1. The van der Waals surface area contributed by atoms with Crippen LogP contribution in [0.15, 0.2) is 40.3 Å². The van der Waals surface area contributed by atoms with E-state index in [1.807, 2.05) is 23.5 Å². The highest BCUT2D eigenvalue weighted by molar-refractivity contribution is 7.09. The minimum Gasteiger partial charge on any atom is -0.469 e. The molecule has 1 saturated carbocycles. The Morgan fingerprint density at radius 3 is 3.12 bits per heavy atom. The molecule has 1 N–H and O–H groups in total. The maximum atomic E-state index is 12.3. The standard InChI is InChI=1S/C19H24N2O2S/c22-19(17-10-16(17)18-6-2-8-23-18)20-11-14-4-1-7-21(12-14)13-15-5-3-9-24-15/h2-3,5-6,8-9,14,16-17H,1,4,7,10-13H2,(H,20,22)/t14-,16-,17-/m0/s1. The topological polar surface area (TPSA) is 45.5 Å². The third-order valence-electron chi connectivity index (χ3n) is 5.16. The zero-order valence-corrected chi connectivity index (χ0v) is 14.6. The zero-order valence-electron chi connectivity index (χ0n) is 13.8. The molecule has 1 amide bonds. The average Bonchev–Trinajstić information content (AvgIpc) is 3.00. The first-order valence-electron chi connectivity index (χ1n) is 8.85. The molecule has 2 aliphatic rings. The number of thiophene rings is 1. The molecule has 2 fully saturated rings. The molecule has 2 aromatic heterocycles. The highest BCUT2D eigenvalue weighted by Crippen LogP contribution is 2.47. The van der Waals surface area contributed by atoms with Gasteiger partial charge in [0, 0.05) is 36.3 Å². The van der Waals surface area contributed by atoms with Crippen LogP contribution in [-0.2, 0) is 11.3 Å². The van der Waals surface area contributed by atoms with Crippen molar-refractivity contribution < 1.29 is 9.21 Å². The Kier molecular flexibility index (Phi) is 4.72. The van der Waals surface area contributed by atoms with Crippen molar-refractivity contribution in [2.24, 2.45) is 11.8 Å². The first-order valence-corrected chi connectivity index (χ1v) is 9.73. The molecule has 2 aromatic rings. The van der Waals surface area contributed by atoms with Crippen LogP contribution in [0, 0.1) is 11.8 Å². The van der Waals surface area contributed by atoms with Gasteiger partial charge in [0.15, 0.2) is 0 Å². The van der Waals surface area contributed by atoms with Crippen molar-refractivity contribution in [3.05, 3.63) is 46.5 Å². The van der Waals surface area contributed by atoms with E-state index in [-0.39, 0.29) is 11.8 Å². The van der Waals surface area contributed by atoms with Crippen molar-refractivity contribution in [1.29, 1.82) is 0 Å². The van der Waals surface area contributed by atoms with Crippen molar-refractivity contribution in [1.82, 2.24) is 10.2 Å². The van der Waals surface area contributed by atoms with Crippen LogP contribution in [0.3, 0.4) is 0 Å². The van der Waals surface area contributed by atoms with Gasteiger partial charge in [-0.15, -0.1) is 11.3 Å². The van der Waals surface area contributed by atoms with E-state index in [1.165, 1.54) is 24.3 Å². The quantitative estimate of drug-likeness (QED) is 0.873. The van der Waals surface area contributed by atoms with Gasteiger partial charge in [0.1, 0.15) is 5.76 Å². The molecule has 1 aliphatic carbocycles. The number of likely N-dealkylation sites (tertiary alicyclic amines) is 1. The van der Waals surface area contributed by atoms with Gasteiger partial charge in [-0.25, -0.2) is 0 Å². The molecule has 5 heteroatoms. The molecule has 0 aromatic carbocycles. The van der Waals surface area contributed by atoms with Crippen LogP contribution in [0.25, 0.3) is 0 Å². The van der Waals surface area contributed by atoms with Gasteiger partial charge in [0.25, 0.3) is 0 Å². The second-order valence-electron chi connectivity index (χ2n) is 7.03. The largest absolute Gasteiger partial charge is 0.469 e. The Morgan fingerprint density at radius 2 is 2.33 bits per heavy atom. The second-order valence-corrected chi connectivity index (χ2v) is 8.06. The van der Waals surface area contributed by atoms with Crippen LogP contribution < -0.4 is 5.32 Å². The lowest BCUT2D eigenvalue weighted by atomic mass is 9.98. The second kappa shape index (κ2) is 7.11. The molecule has 0 radical (unpaired) electrons. The maximum Gasteiger partial charge on any atom is 0.223 e. The van der Waals surface area contributed by atoms with E-state index in [2.05, 4.69) is 27.7 Å². The number of nitrogens with zero attached hydrogens (tertiary/aromatic N) is 1. The van der Waals surface area contributed by atoms with E-state index < -0.39 is 0 Å². The zero-order chi connectivity index (χ0) is 16.4. The predicted molar refractivity (Wildman–Crippen MR) is 94.9 cm³/mol. The van der Waals surface area contributed by atoms with Crippen molar-refractivity contribution in [3.8, 4) is 0 Å². The van der Waals surface area contributed by atoms with Crippen LogP contribution in [0.2, 0.25) is 0 Å². The number of amides is 1. The fourth-order valence-electron chi connectivity index (χ4n) is 3.76. The normalized spacial score (nSPS) is 27.1. The third-order valence-corrected chi connectivity index (χ3v) is 6.02. The highest BCUT2D eigenvalue weighted by Gasteiger charge is 2.45. The van der Waals surface area contributed by atoms with Crippen LogP contribution in [0.1, 0.15) is 35.8 Å². The van der Waals surface area contributed by atoms with E-state index >= 15 is 0 Å². The monoisotopic (exact) mass is 344 g/mol. The average molecular weight is 344 g/mol. The summed E-state index contributed by atoms with van der Waals surface area (Å²) >= 11 is 1.83. The number of nitrogens with one attached hydrogen (secondary N) is 1. The van der Waals surface area contributed by atoms with E-state index in [0.29, 0.717) is 11.8 Å². The van der Waals surface area contributed by atoms with Gasteiger partial charge in [-0.2, -0.15) is 0 Å². The molecule has 4 nitrogen and oxygen atoms in total. The minimum absolute atomic E-state index is 0.113. The summed E-state index contributed by atoms with van der Waals surface area (Å²) in [4.78, 5) is 16.3. The number of furan rings is 1. The van der Waals surface area contributed by atoms with Gasteiger partial charge in [0.05, 0.1) is 6.26 Å². The van der Waals surface area contributed by atoms with Crippen molar-refractivity contribution >= 4 is 17.2 Å². The van der Waals surface area contributed by atoms with Crippen molar-refractivity contribution in [2.45, 2.75) is 31.7 Å². The molecule has 1 saturated heterocycles. The van der Waals surface area contributed by atoms with Crippen LogP contribution >= 0.6 is 11.3 Å². The summed E-state index contributed by atoms with van der Waals surface area (Å²) in [7, 11) is 0. The summed E-state index contributed by atoms with van der Waals surface area (Å²) in [6.07, 6.45) is 5.05. The van der Waals surface area contributed by atoms with Crippen LogP contribution in [-0.4, -0.2) is 30.4 Å². The Bertz CT molecular complexity index is 653. The molecule has 0 bridgehead atoms. The SMILES string of the molecule is O=C(NC[C@@H]1CCCN(Cc2cccs2)C1)[C@H]1C[C@@H]1c1ccco1. The summed E-state index contributed by atoms with van der Waals surface area (Å²) in [6.45, 7) is 4.11. The van der Waals surface area contributed by atoms with Crippen molar-refractivity contribution in [2.75, 3.05) is 19.6 Å². The maximum absolute atomic E-state index is 12.3. The van der Waals surface area contributed by atoms with Gasteiger partial charge in [0.2, 0.25) is 5.91 Å². The fourth-order valence-corrected chi connectivity index (χ4v) is 4.51. The smallest absolute Gasteiger partial charge is 0.223 e. The first-order chi connectivity index (χ1) is 11.8. The number of piperidine rings is 1. The van der Waals surface area contributed by atoms with Gasteiger partial charge >= 0.3 is 0 Å². The molecule has 3 atom stereocenters. The van der Waals surface area contributed by atoms with E-state index in [1.54, 1.807) is 6.26 Å². The first kappa shape index (κ1) is 15.9. The Hall–Kier alpha value is -1.59. The number of carbonyl (C=O) groups excluding carboxylic acids is 1. The lowest BCUT2D eigenvalue weighted by Gasteiger charge is -2.32. The van der Waals surface area contributed by atoms with E-state index in [9.17, 15) is 4.79 Å². The Morgan fingerprint density at radius 1 is 1.38 bits per heavy atom. The Labute approximate surface area is 146 Å². The molecule has 24 heavy (non-hydrogen) atoms. The minimum atomic E-state index is 0.113. The van der Waals surface area contributed by atoms with Gasteiger partial charge in [-0.05, 0) is 55.3 Å². The predicted octanol–water partition coefficient (Wildman–Crippen LogP) is 3.47. The van der Waals surface area contributed by atoms with Gasteiger partial charge in [-0.1, -0.05) is 6.07 Å². The van der Waals surface area contributed by atoms with E-state index in [0.717, 1.165) is 31.8 Å². The summed E-state index contributed by atoms with van der Waals surface area (Å²) in [6, 6.07) is 8.19. The molecule has 0 spiro atoms. The molecule has 0 unspecified atom stereocenters. The van der Waals surface area contributed by atoms with Gasteiger partial charge in [-0.3, -0.25) is 9.69 Å². The lowest BCUT2D eigenvalue weighted by molar-refractivity contribution is -0.122. The molecular weight excluding hydrogens is 320 g/mol. The number of hydrogen-bond acceptors (Lipinski definition) is 4. The summed E-state index contributed by atoms with van der Waals surface area (Å²) in [5.41, 5.74) is 0. The van der Waals surface area contributed by atoms with E-state index in [4.69, 9.17) is 4.42 Å². The molecular formula is C19H24N2O2S. The summed E-state index contributed by atoms with van der Waals surface area (Å²) < 4.78 is 5.41. The molecule has 1 aliphatic heterocycles. The summed E-state index contributed by atoms with van der Waals surface area (Å²) in [5.74, 6) is 2.13. The summed E-state index contributed by atoms with van der Waals surface area (Å²) in [5, 5.41) is 5.32. The van der Waals surface area contributed by atoms with Crippen LogP contribution in [0.5, 0.6) is 0 Å².